The lowest BCUT2D eigenvalue weighted by atomic mass is 10.1. The lowest BCUT2D eigenvalue weighted by molar-refractivity contribution is 0.102. The number of ether oxygens (including phenoxy) is 1. The van der Waals surface area contributed by atoms with Crippen molar-refractivity contribution in [3.8, 4) is 0 Å². The molecule has 4 N–H and O–H groups in total. The van der Waals surface area contributed by atoms with Crippen LogP contribution < -0.4 is 16.4 Å². The molecule has 0 atom stereocenters. The molecule has 0 bridgehead atoms. The van der Waals surface area contributed by atoms with Crippen LogP contribution in [0, 0.1) is 5.82 Å². The summed E-state index contributed by atoms with van der Waals surface area (Å²) in [4.78, 5) is 25.4. The van der Waals surface area contributed by atoms with Gasteiger partial charge in [0.1, 0.15) is 12.4 Å². The lowest BCUT2D eigenvalue weighted by Crippen LogP contribution is -2.17. The van der Waals surface area contributed by atoms with E-state index in [1.54, 1.807) is 24.5 Å². The minimum absolute atomic E-state index is 0.0906. The van der Waals surface area contributed by atoms with Gasteiger partial charge in [-0.2, -0.15) is 0 Å². The van der Waals surface area contributed by atoms with Crippen LogP contribution in [-0.2, 0) is 17.9 Å². The maximum atomic E-state index is 14.6. The van der Waals surface area contributed by atoms with Gasteiger partial charge in [0.15, 0.2) is 0 Å². The summed E-state index contributed by atoms with van der Waals surface area (Å²) in [5.74, 6) is -1.33. The minimum atomic E-state index is -0.701. The van der Waals surface area contributed by atoms with Crippen LogP contribution in [0.25, 0.3) is 0 Å². The highest BCUT2D eigenvalue weighted by molar-refractivity contribution is 7.98. The smallest absolute Gasteiger partial charge is 0.411 e. The van der Waals surface area contributed by atoms with E-state index in [2.05, 4.69) is 10.6 Å². The number of amides is 2. The van der Waals surface area contributed by atoms with Crippen molar-refractivity contribution >= 4 is 35.1 Å². The Bertz CT molecular complexity index is 1080. The zero-order valence-electron chi connectivity index (χ0n) is 16.9. The van der Waals surface area contributed by atoms with E-state index in [9.17, 15) is 14.0 Å². The molecule has 3 rings (SSSR count). The normalized spacial score (nSPS) is 10.4. The molecule has 2 amide bonds. The first-order valence-electron chi connectivity index (χ1n) is 9.45. The molecule has 0 radical (unpaired) electrons. The first-order valence-corrected chi connectivity index (χ1v) is 10.7. The Labute approximate surface area is 184 Å². The van der Waals surface area contributed by atoms with Gasteiger partial charge in [0, 0.05) is 17.1 Å². The second-order valence-corrected chi connectivity index (χ2v) is 7.43. The number of benzene rings is 3. The summed E-state index contributed by atoms with van der Waals surface area (Å²) in [6.45, 7) is 0.410. The Kier molecular flexibility index (Phi) is 7.64. The number of carbonyl (C=O) groups is 2. The lowest BCUT2D eigenvalue weighted by Gasteiger charge is -2.13. The standard InChI is InChI=1S/C23H22FN3O3S/c1-31-21-12-19(24)18(22(28)26-17-9-5-8-16(10-17)13-25)11-20(21)27-23(29)30-14-15-6-3-2-4-7-15/h2-12H,13-14,25H2,1H3,(H,26,28)(H,27,29). The zero-order chi connectivity index (χ0) is 22.2. The number of rotatable bonds is 7. The molecule has 6 nitrogen and oxygen atoms in total. The van der Waals surface area contributed by atoms with Crippen LogP contribution in [-0.4, -0.2) is 18.3 Å². The number of hydrogen-bond acceptors (Lipinski definition) is 5. The SMILES string of the molecule is CSc1cc(F)c(C(=O)Nc2cccc(CN)c2)cc1NC(=O)OCc1ccccc1. The summed E-state index contributed by atoms with van der Waals surface area (Å²) in [5.41, 5.74) is 7.87. The number of nitrogens with one attached hydrogen (secondary N) is 2. The summed E-state index contributed by atoms with van der Waals surface area (Å²) >= 11 is 1.24. The highest BCUT2D eigenvalue weighted by Crippen LogP contribution is 2.29. The predicted molar refractivity (Wildman–Crippen MR) is 121 cm³/mol. The molecule has 0 heterocycles. The van der Waals surface area contributed by atoms with Crippen molar-refractivity contribution in [3.63, 3.8) is 0 Å². The fraction of sp³-hybridized carbons (Fsp3) is 0.130. The van der Waals surface area contributed by atoms with Gasteiger partial charge in [-0.1, -0.05) is 42.5 Å². The third-order valence-electron chi connectivity index (χ3n) is 4.40. The zero-order valence-corrected chi connectivity index (χ0v) is 17.7. The molecule has 0 aliphatic rings. The van der Waals surface area contributed by atoms with E-state index in [4.69, 9.17) is 10.5 Å². The molecule has 0 saturated carbocycles. The Morgan fingerprint density at radius 3 is 2.45 bits per heavy atom. The third kappa shape index (κ3) is 6.07. The topological polar surface area (TPSA) is 93.5 Å². The molecule has 160 valence electrons. The molecule has 8 heteroatoms. The van der Waals surface area contributed by atoms with Gasteiger partial charge in [0.05, 0.1) is 11.3 Å². The average molecular weight is 440 g/mol. The number of anilines is 2. The molecule has 0 aliphatic carbocycles. The molecular formula is C23H22FN3O3S. The molecule has 0 fully saturated rings. The van der Waals surface area contributed by atoms with Gasteiger partial charge in [0.25, 0.3) is 5.91 Å². The van der Waals surface area contributed by atoms with Crippen LogP contribution >= 0.6 is 11.8 Å². The summed E-state index contributed by atoms with van der Waals surface area (Å²) in [7, 11) is 0. The number of thioether (sulfide) groups is 1. The summed E-state index contributed by atoms with van der Waals surface area (Å²) < 4.78 is 19.8. The van der Waals surface area contributed by atoms with E-state index >= 15 is 0 Å². The molecule has 0 saturated heterocycles. The number of carbonyl (C=O) groups excluding carboxylic acids is 2. The van der Waals surface area contributed by atoms with E-state index in [1.165, 1.54) is 23.9 Å². The molecule has 0 aliphatic heterocycles. The highest BCUT2D eigenvalue weighted by atomic mass is 32.2. The molecule has 3 aromatic carbocycles. The van der Waals surface area contributed by atoms with Gasteiger partial charge >= 0.3 is 6.09 Å². The first kappa shape index (κ1) is 22.3. The van der Waals surface area contributed by atoms with Crippen molar-refractivity contribution in [3.05, 3.63) is 89.2 Å². The van der Waals surface area contributed by atoms with E-state index in [0.717, 1.165) is 11.1 Å². The molecule has 0 aromatic heterocycles. The van der Waals surface area contributed by atoms with Crippen LogP contribution in [0.4, 0.5) is 20.6 Å². The van der Waals surface area contributed by atoms with Crippen LogP contribution in [0.15, 0.2) is 71.6 Å². The largest absolute Gasteiger partial charge is 0.444 e. The Balaban J connectivity index is 1.75. The van der Waals surface area contributed by atoms with Gasteiger partial charge in [-0.3, -0.25) is 10.1 Å². The van der Waals surface area contributed by atoms with Crippen LogP contribution in [0.2, 0.25) is 0 Å². The second kappa shape index (κ2) is 10.6. The van der Waals surface area contributed by atoms with E-state index in [-0.39, 0.29) is 17.9 Å². The van der Waals surface area contributed by atoms with Crippen molar-refractivity contribution in [1.82, 2.24) is 0 Å². The van der Waals surface area contributed by atoms with E-state index in [0.29, 0.717) is 17.1 Å². The Morgan fingerprint density at radius 1 is 1.00 bits per heavy atom. The van der Waals surface area contributed by atoms with Crippen molar-refractivity contribution < 1.29 is 18.7 Å². The summed E-state index contributed by atoms with van der Waals surface area (Å²) in [5, 5.41) is 5.24. The van der Waals surface area contributed by atoms with Crippen LogP contribution in [0.1, 0.15) is 21.5 Å². The van der Waals surface area contributed by atoms with Crippen LogP contribution in [0.5, 0.6) is 0 Å². The minimum Gasteiger partial charge on any atom is -0.444 e. The van der Waals surface area contributed by atoms with Crippen molar-refractivity contribution in [2.75, 3.05) is 16.9 Å². The van der Waals surface area contributed by atoms with Gasteiger partial charge in [-0.05, 0) is 41.6 Å². The monoisotopic (exact) mass is 439 g/mol. The maximum absolute atomic E-state index is 14.6. The van der Waals surface area contributed by atoms with Crippen LogP contribution in [0.3, 0.4) is 0 Å². The predicted octanol–water partition coefficient (Wildman–Crippen LogP) is 5.01. The summed E-state index contributed by atoms with van der Waals surface area (Å²) in [6.07, 6.45) is 1.04. The quantitative estimate of drug-likeness (QED) is 0.450. The Hall–Kier alpha value is -3.36. The molecule has 0 spiro atoms. The third-order valence-corrected chi connectivity index (χ3v) is 5.18. The van der Waals surface area contributed by atoms with Gasteiger partial charge in [-0.15, -0.1) is 11.8 Å². The molecule has 3 aromatic rings. The highest BCUT2D eigenvalue weighted by Gasteiger charge is 2.18. The van der Waals surface area contributed by atoms with Crippen molar-refractivity contribution in [2.45, 2.75) is 18.0 Å². The molecule has 31 heavy (non-hydrogen) atoms. The summed E-state index contributed by atoms with van der Waals surface area (Å²) in [6, 6.07) is 18.7. The molecule has 0 unspecified atom stereocenters. The fourth-order valence-corrected chi connectivity index (χ4v) is 3.39. The second-order valence-electron chi connectivity index (χ2n) is 6.58. The first-order chi connectivity index (χ1) is 15.0. The fourth-order valence-electron chi connectivity index (χ4n) is 2.84. The van der Waals surface area contributed by atoms with Gasteiger partial charge < -0.3 is 15.8 Å². The number of hydrogen-bond donors (Lipinski definition) is 3. The Morgan fingerprint density at radius 2 is 1.74 bits per heavy atom. The van der Waals surface area contributed by atoms with Crippen molar-refractivity contribution in [2.24, 2.45) is 5.73 Å². The average Bonchev–Trinajstić information content (AvgIpc) is 2.79. The maximum Gasteiger partial charge on any atom is 0.411 e. The number of halogens is 1. The number of nitrogens with two attached hydrogens (primary N) is 1. The molecular weight excluding hydrogens is 417 g/mol. The van der Waals surface area contributed by atoms with Crippen molar-refractivity contribution in [1.29, 1.82) is 0 Å². The van der Waals surface area contributed by atoms with E-state index < -0.39 is 17.8 Å². The van der Waals surface area contributed by atoms with Gasteiger partial charge in [0.2, 0.25) is 0 Å². The van der Waals surface area contributed by atoms with E-state index in [1.807, 2.05) is 36.4 Å². The van der Waals surface area contributed by atoms with Gasteiger partial charge in [-0.25, -0.2) is 9.18 Å².